The van der Waals surface area contributed by atoms with Crippen molar-refractivity contribution in [3.05, 3.63) is 60.0 Å². The normalized spacial score (nSPS) is 12.2. The van der Waals surface area contributed by atoms with E-state index in [1.165, 1.54) is 58.5 Å². The van der Waals surface area contributed by atoms with Crippen LogP contribution in [0.1, 0.15) is 12.1 Å². The number of thiazole rings is 1. The molecule has 28 heavy (non-hydrogen) atoms. The van der Waals surface area contributed by atoms with Crippen molar-refractivity contribution in [3.63, 3.8) is 0 Å². The average molecular weight is 424 g/mol. The average Bonchev–Trinajstić information content (AvgIpc) is 3.24. The summed E-state index contributed by atoms with van der Waals surface area (Å²) < 4.78 is 64.6. The standard InChI is InChI=1S/C17H11F3N4O2S2/c18-9-1-6-15-12(7-9)22-17(27-15)14-8-13(16(19)20)23-24(14)10-2-4-11(5-3-10)28(21,25)26/h1-8,16H,(H2,21,25,26). The number of primary sulfonamides is 1. The number of rotatable bonds is 4. The molecular weight excluding hydrogens is 413 g/mol. The van der Waals surface area contributed by atoms with E-state index in [9.17, 15) is 21.6 Å². The van der Waals surface area contributed by atoms with Crippen LogP contribution in [0.4, 0.5) is 13.2 Å². The number of nitrogens with zero attached hydrogens (tertiary/aromatic N) is 3. The van der Waals surface area contributed by atoms with Gasteiger partial charge in [-0.15, -0.1) is 11.3 Å². The van der Waals surface area contributed by atoms with E-state index in [-0.39, 0.29) is 10.6 Å². The van der Waals surface area contributed by atoms with E-state index >= 15 is 0 Å². The van der Waals surface area contributed by atoms with Crippen molar-refractivity contribution in [2.24, 2.45) is 5.14 Å². The van der Waals surface area contributed by atoms with Gasteiger partial charge in [0.2, 0.25) is 10.0 Å². The molecule has 2 N–H and O–H groups in total. The fourth-order valence-electron chi connectivity index (χ4n) is 2.64. The molecule has 0 aliphatic heterocycles. The van der Waals surface area contributed by atoms with Gasteiger partial charge in [-0.2, -0.15) is 5.10 Å². The lowest BCUT2D eigenvalue weighted by Gasteiger charge is -2.06. The molecule has 0 bridgehead atoms. The van der Waals surface area contributed by atoms with Crippen LogP contribution in [0.5, 0.6) is 0 Å². The van der Waals surface area contributed by atoms with Crippen LogP contribution in [0.2, 0.25) is 0 Å². The summed E-state index contributed by atoms with van der Waals surface area (Å²) in [6.45, 7) is 0. The third-order valence-electron chi connectivity index (χ3n) is 3.93. The van der Waals surface area contributed by atoms with Gasteiger partial charge < -0.3 is 0 Å². The summed E-state index contributed by atoms with van der Waals surface area (Å²) in [5, 5.41) is 9.36. The molecule has 0 unspecified atom stereocenters. The zero-order valence-corrected chi connectivity index (χ0v) is 15.5. The van der Waals surface area contributed by atoms with Crippen LogP contribution in [0.3, 0.4) is 0 Å². The maximum absolute atomic E-state index is 13.4. The minimum absolute atomic E-state index is 0.116. The molecule has 0 aliphatic rings. The summed E-state index contributed by atoms with van der Waals surface area (Å²) in [5.74, 6) is -0.454. The molecule has 2 aromatic heterocycles. The van der Waals surface area contributed by atoms with E-state index in [1.807, 2.05) is 0 Å². The van der Waals surface area contributed by atoms with E-state index in [0.29, 0.717) is 20.9 Å². The monoisotopic (exact) mass is 424 g/mol. The van der Waals surface area contributed by atoms with Crippen molar-refractivity contribution < 1.29 is 21.6 Å². The Morgan fingerprint density at radius 3 is 2.43 bits per heavy atom. The molecule has 0 amide bonds. The highest BCUT2D eigenvalue weighted by Gasteiger charge is 2.20. The molecular formula is C17H11F3N4O2S2. The van der Waals surface area contributed by atoms with Gasteiger partial charge in [0.05, 0.1) is 20.8 Å². The van der Waals surface area contributed by atoms with Crippen molar-refractivity contribution in [1.29, 1.82) is 0 Å². The van der Waals surface area contributed by atoms with Crippen LogP contribution in [0.25, 0.3) is 26.6 Å². The topological polar surface area (TPSA) is 90.9 Å². The number of hydrogen-bond acceptors (Lipinski definition) is 5. The van der Waals surface area contributed by atoms with E-state index < -0.39 is 28.0 Å². The zero-order valence-electron chi connectivity index (χ0n) is 13.9. The summed E-state index contributed by atoms with van der Waals surface area (Å²) in [4.78, 5) is 4.20. The van der Waals surface area contributed by atoms with Crippen molar-refractivity contribution in [3.8, 4) is 16.4 Å². The minimum Gasteiger partial charge on any atom is -0.234 e. The predicted molar refractivity (Wildman–Crippen MR) is 98.5 cm³/mol. The lowest BCUT2D eigenvalue weighted by Crippen LogP contribution is -2.12. The molecule has 4 rings (SSSR count). The Hall–Kier alpha value is -2.76. The molecule has 4 aromatic rings. The fraction of sp³-hybridized carbons (Fsp3) is 0.0588. The SMILES string of the molecule is NS(=O)(=O)c1ccc(-n2nc(C(F)F)cc2-c2nc3cc(F)ccc3s2)cc1. The highest BCUT2D eigenvalue weighted by molar-refractivity contribution is 7.89. The first kappa shape index (κ1) is 18.6. The van der Waals surface area contributed by atoms with Gasteiger partial charge in [-0.05, 0) is 42.5 Å². The number of nitrogens with two attached hydrogens (primary N) is 1. The predicted octanol–water partition coefficient (Wildman–Crippen LogP) is 3.87. The third kappa shape index (κ3) is 3.39. The summed E-state index contributed by atoms with van der Waals surface area (Å²) in [6, 6.07) is 10.6. The van der Waals surface area contributed by atoms with E-state index in [2.05, 4.69) is 10.1 Å². The molecule has 144 valence electrons. The van der Waals surface area contributed by atoms with Gasteiger partial charge in [-0.1, -0.05) is 0 Å². The molecule has 0 spiro atoms. The third-order valence-corrected chi connectivity index (χ3v) is 5.92. The van der Waals surface area contributed by atoms with Gasteiger partial charge in [-0.3, -0.25) is 0 Å². The van der Waals surface area contributed by atoms with Crippen LogP contribution in [0, 0.1) is 5.82 Å². The first-order chi connectivity index (χ1) is 13.2. The highest BCUT2D eigenvalue weighted by atomic mass is 32.2. The Labute approximate surface area is 161 Å². The lowest BCUT2D eigenvalue weighted by atomic mass is 10.3. The lowest BCUT2D eigenvalue weighted by molar-refractivity contribution is 0.145. The van der Waals surface area contributed by atoms with Crippen LogP contribution in [-0.2, 0) is 10.0 Å². The molecule has 0 atom stereocenters. The largest absolute Gasteiger partial charge is 0.282 e. The molecule has 0 fully saturated rings. The van der Waals surface area contributed by atoms with E-state index in [4.69, 9.17) is 5.14 Å². The second kappa shape index (κ2) is 6.69. The van der Waals surface area contributed by atoms with Crippen LogP contribution >= 0.6 is 11.3 Å². The Morgan fingerprint density at radius 1 is 1.07 bits per heavy atom. The van der Waals surface area contributed by atoms with Gasteiger partial charge in [0.15, 0.2) is 0 Å². The number of benzene rings is 2. The van der Waals surface area contributed by atoms with Gasteiger partial charge in [0, 0.05) is 6.07 Å². The zero-order chi connectivity index (χ0) is 20.1. The number of alkyl halides is 2. The van der Waals surface area contributed by atoms with Crippen molar-refractivity contribution in [2.45, 2.75) is 11.3 Å². The molecule has 11 heteroatoms. The van der Waals surface area contributed by atoms with Gasteiger partial charge in [0.1, 0.15) is 22.2 Å². The molecule has 0 aliphatic carbocycles. The first-order valence-corrected chi connectivity index (χ1v) is 10.2. The first-order valence-electron chi connectivity index (χ1n) is 7.80. The Bertz CT molecular complexity index is 1280. The summed E-state index contributed by atoms with van der Waals surface area (Å²) in [5.41, 5.74) is 0.562. The summed E-state index contributed by atoms with van der Waals surface area (Å²) >= 11 is 1.20. The number of aromatic nitrogens is 3. The Balaban J connectivity index is 1.87. The van der Waals surface area contributed by atoms with Gasteiger partial charge in [0.25, 0.3) is 6.43 Å². The molecule has 6 nitrogen and oxygen atoms in total. The molecule has 0 saturated carbocycles. The van der Waals surface area contributed by atoms with E-state index in [0.717, 1.165) is 0 Å². The molecule has 0 radical (unpaired) electrons. The van der Waals surface area contributed by atoms with Crippen LogP contribution in [-0.4, -0.2) is 23.2 Å². The number of halogens is 3. The maximum atomic E-state index is 13.4. The second-order valence-corrected chi connectivity index (χ2v) is 8.43. The fourth-order valence-corrected chi connectivity index (χ4v) is 4.11. The minimum atomic E-state index is -3.89. The smallest absolute Gasteiger partial charge is 0.234 e. The quantitative estimate of drug-likeness (QED) is 0.538. The summed E-state index contributed by atoms with van der Waals surface area (Å²) in [6.07, 6.45) is -2.81. The van der Waals surface area contributed by atoms with Crippen molar-refractivity contribution in [2.75, 3.05) is 0 Å². The number of hydrogen-bond donors (Lipinski definition) is 1. The maximum Gasteiger partial charge on any atom is 0.282 e. The Kier molecular flexibility index (Phi) is 4.44. The second-order valence-electron chi connectivity index (χ2n) is 5.84. The van der Waals surface area contributed by atoms with Gasteiger partial charge in [-0.25, -0.2) is 36.4 Å². The van der Waals surface area contributed by atoms with Crippen LogP contribution in [0.15, 0.2) is 53.4 Å². The van der Waals surface area contributed by atoms with Gasteiger partial charge >= 0.3 is 0 Å². The number of fused-ring (bicyclic) bond motifs is 1. The number of sulfonamides is 1. The summed E-state index contributed by atoms with van der Waals surface area (Å²) in [7, 11) is -3.89. The highest BCUT2D eigenvalue weighted by Crippen LogP contribution is 2.34. The molecule has 2 heterocycles. The molecule has 0 saturated heterocycles. The Morgan fingerprint density at radius 2 is 1.79 bits per heavy atom. The van der Waals surface area contributed by atoms with Crippen molar-refractivity contribution >= 4 is 31.6 Å². The van der Waals surface area contributed by atoms with Crippen molar-refractivity contribution in [1.82, 2.24) is 14.8 Å². The van der Waals surface area contributed by atoms with Crippen LogP contribution < -0.4 is 5.14 Å². The van der Waals surface area contributed by atoms with E-state index in [1.54, 1.807) is 6.07 Å². The molecule has 2 aromatic carbocycles.